The second kappa shape index (κ2) is 36.2. The lowest BCUT2D eigenvalue weighted by Crippen LogP contribution is -2.65. The number of Topliss-reactive ketones (excluding diaryl/α,β-unsaturated/α-hetero) is 3. The Kier molecular flexibility index (Phi) is 31.1. The molecule has 2 saturated heterocycles. The topological polar surface area (TPSA) is 333 Å². The zero-order chi connectivity index (χ0) is 65.2. The molecule has 23 nitrogen and oxygen atoms in total. The number of anilines is 1. The summed E-state index contributed by atoms with van der Waals surface area (Å²) in [6.45, 7) is 20.6. The smallest absolute Gasteiger partial charge is 0.251 e. The maximum absolute atomic E-state index is 12.5. The standard InChI is InChI=1S/C25H38N2O8.C23H35NO8.C16H23NO3/c1-15(28)27-20-22(31)21(30)18(14-26-23(32)16-9-11-17(33-5)12-10-16)35-24(20)34-13-7-6-8-19(29)25(2,3)4;1-23(2,3)17(25)7-5-6-12-31-22-20(28)19(27)18(26)16(32-22)13-24-21(29)14-8-10-15(30-4)11-9-14;1-12(18)17-13-7-9-14(10-8-13)20-11-5-6-15(19)16(2,3)4/h9-12,18,20-22,24,30-31H,6-8,13-14H2,1-5H3,(H,26,32)(H,27,28);8-11,16,18-20,22,26-28H,5-7,12-13H2,1-4H3,(H,24,29);7-10H,5-6,11H2,1-4H3,(H,17,18)/t18?,20?,21-,22-,24-;16?,18-,19+,20?,22-;/m11./s1. The summed E-state index contributed by atoms with van der Waals surface area (Å²) in [5.74, 6) is 1.26. The molecule has 4 unspecified atom stereocenters. The molecule has 2 fully saturated rings. The maximum atomic E-state index is 12.5. The SMILES string of the molecule is CC(=O)Nc1ccc(OCCCC(=O)C(C)(C)C)cc1.COc1ccc(C(=O)NCC2O[C@@H](OCCCCC(=O)C(C)(C)C)C(NC(C)=O)[C@@H](O)[C@@H]2O)cc1.COc1ccc(C(=O)NCC2O[C@@H](OCCCCC(=O)C(C)(C)C)C(O)[C@@H](O)[C@@H]2O)cc1. The highest BCUT2D eigenvalue weighted by Crippen LogP contribution is 2.26. The third-order valence-corrected chi connectivity index (χ3v) is 14.0. The number of ketones is 3. The van der Waals surface area contributed by atoms with E-state index < -0.39 is 72.7 Å². The van der Waals surface area contributed by atoms with Crippen LogP contribution in [0, 0.1) is 16.2 Å². The highest BCUT2D eigenvalue weighted by atomic mass is 16.7. The summed E-state index contributed by atoms with van der Waals surface area (Å²) < 4.78 is 38.5. The molecule has 3 aromatic rings. The molecule has 10 atom stereocenters. The van der Waals surface area contributed by atoms with Gasteiger partial charge in [0.2, 0.25) is 11.8 Å². The molecular formula is C64H96N4O19. The van der Waals surface area contributed by atoms with Crippen LogP contribution < -0.4 is 35.5 Å². The first-order chi connectivity index (χ1) is 40.8. The minimum Gasteiger partial charge on any atom is -0.497 e. The van der Waals surface area contributed by atoms with Crippen LogP contribution in [0.5, 0.6) is 17.2 Å². The van der Waals surface area contributed by atoms with Crippen molar-refractivity contribution in [2.45, 2.75) is 189 Å². The summed E-state index contributed by atoms with van der Waals surface area (Å²) in [6, 6.07) is 19.2. The highest BCUT2D eigenvalue weighted by molar-refractivity contribution is 5.95. The number of nitrogens with one attached hydrogen (secondary N) is 4. The summed E-state index contributed by atoms with van der Waals surface area (Å²) in [5, 5.41) is 62.3. The molecule has 3 aromatic carbocycles. The van der Waals surface area contributed by atoms with Crippen LogP contribution in [0.4, 0.5) is 5.69 Å². The van der Waals surface area contributed by atoms with Crippen molar-refractivity contribution in [2.24, 2.45) is 16.2 Å². The molecule has 2 aliphatic heterocycles. The van der Waals surface area contributed by atoms with Gasteiger partial charge in [-0.1, -0.05) is 62.3 Å². The van der Waals surface area contributed by atoms with Crippen LogP contribution in [0.15, 0.2) is 72.8 Å². The number of aliphatic hydroxyl groups is 5. The van der Waals surface area contributed by atoms with Crippen LogP contribution in [0.2, 0.25) is 0 Å². The molecule has 23 heteroatoms. The first kappa shape index (κ1) is 74.8. The van der Waals surface area contributed by atoms with Gasteiger partial charge in [-0.05, 0) is 105 Å². The molecule has 0 aliphatic carbocycles. The van der Waals surface area contributed by atoms with E-state index in [0.29, 0.717) is 80.6 Å². The van der Waals surface area contributed by atoms with Gasteiger partial charge in [-0.2, -0.15) is 0 Å². The molecule has 5 rings (SSSR count). The van der Waals surface area contributed by atoms with Crippen molar-refractivity contribution in [1.82, 2.24) is 16.0 Å². The molecule has 9 N–H and O–H groups in total. The van der Waals surface area contributed by atoms with Crippen molar-refractivity contribution in [3.8, 4) is 17.2 Å². The normalized spacial score (nSPS) is 21.9. The fraction of sp³-hybridized carbons (Fsp3) is 0.609. The van der Waals surface area contributed by atoms with Gasteiger partial charge in [0.15, 0.2) is 12.6 Å². The molecule has 0 bridgehead atoms. The molecule has 0 spiro atoms. The van der Waals surface area contributed by atoms with Crippen molar-refractivity contribution in [2.75, 3.05) is 52.4 Å². The van der Waals surface area contributed by atoms with Crippen LogP contribution >= 0.6 is 0 Å². The molecule has 2 heterocycles. The zero-order valence-electron chi connectivity index (χ0n) is 52.8. The van der Waals surface area contributed by atoms with Crippen molar-refractivity contribution < 1.29 is 92.3 Å². The average Bonchev–Trinajstić information content (AvgIpc) is 1.57. The Bertz CT molecular complexity index is 2610. The fourth-order valence-corrected chi connectivity index (χ4v) is 8.49. The summed E-state index contributed by atoms with van der Waals surface area (Å²) >= 11 is 0. The minimum atomic E-state index is -1.49. The first-order valence-electron chi connectivity index (χ1n) is 29.4. The Balaban J connectivity index is 0.000000354. The highest BCUT2D eigenvalue weighted by Gasteiger charge is 2.46. The number of methoxy groups -OCH3 is 2. The lowest BCUT2D eigenvalue weighted by Gasteiger charge is -2.42. The Morgan fingerprint density at radius 1 is 0.460 bits per heavy atom. The molecule has 486 valence electrons. The quantitative estimate of drug-likeness (QED) is 0.0417. The molecule has 0 radical (unpaired) electrons. The summed E-state index contributed by atoms with van der Waals surface area (Å²) in [7, 11) is 3.06. The Hall–Kier alpha value is -6.41. The Morgan fingerprint density at radius 3 is 1.25 bits per heavy atom. The third-order valence-electron chi connectivity index (χ3n) is 14.0. The van der Waals surface area contributed by atoms with Crippen LogP contribution in [-0.4, -0.2) is 175 Å². The number of hydrogen-bond acceptors (Lipinski definition) is 19. The molecule has 0 aromatic heterocycles. The van der Waals surface area contributed by atoms with E-state index in [1.165, 1.54) is 28.1 Å². The lowest BCUT2D eigenvalue weighted by molar-refractivity contribution is -0.295. The van der Waals surface area contributed by atoms with Gasteiger partial charge in [-0.3, -0.25) is 33.6 Å². The van der Waals surface area contributed by atoms with Crippen LogP contribution in [0.25, 0.3) is 0 Å². The number of amides is 4. The molecule has 4 amide bonds. The van der Waals surface area contributed by atoms with E-state index in [9.17, 15) is 59.1 Å². The monoisotopic (exact) mass is 1220 g/mol. The molecule has 0 saturated carbocycles. The molecule has 2 aliphatic rings. The first-order valence-corrected chi connectivity index (χ1v) is 29.4. The minimum absolute atomic E-state index is 0.0875. The van der Waals surface area contributed by atoms with Crippen molar-refractivity contribution >= 4 is 46.7 Å². The number of carbonyl (C=O) groups is 7. The van der Waals surface area contributed by atoms with E-state index in [-0.39, 0.29) is 72.2 Å². The van der Waals surface area contributed by atoms with Crippen LogP contribution in [-0.2, 0) is 42.9 Å². The van der Waals surface area contributed by atoms with Gasteiger partial charge in [-0.25, -0.2) is 0 Å². The van der Waals surface area contributed by atoms with E-state index >= 15 is 0 Å². The second-order valence-electron chi connectivity index (χ2n) is 24.5. The van der Waals surface area contributed by atoms with Gasteiger partial charge < -0.3 is 80.0 Å². The third kappa shape index (κ3) is 26.5. The number of ether oxygens (including phenoxy) is 7. The number of rotatable bonds is 27. The van der Waals surface area contributed by atoms with E-state index in [0.717, 1.165) is 11.4 Å². The number of hydrogen-bond donors (Lipinski definition) is 9. The average molecular weight is 1230 g/mol. The van der Waals surface area contributed by atoms with Crippen LogP contribution in [0.1, 0.15) is 148 Å². The number of carbonyl (C=O) groups excluding carboxylic acids is 7. The largest absolute Gasteiger partial charge is 0.497 e. The van der Waals surface area contributed by atoms with Crippen molar-refractivity contribution in [3.63, 3.8) is 0 Å². The van der Waals surface area contributed by atoms with Crippen molar-refractivity contribution in [1.29, 1.82) is 0 Å². The van der Waals surface area contributed by atoms with Gasteiger partial charge >= 0.3 is 0 Å². The predicted octanol–water partition coefficient (Wildman–Crippen LogP) is 5.63. The molecular weight excluding hydrogens is 1130 g/mol. The van der Waals surface area contributed by atoms with Crippen molar-refractivity contribution in [3.05, 3.63) is 83.9 Å². The Labute approximate surface area is 511 Å². The summed E-state index contributed by atoms with van der Waals surface area (Å²) in [5.41, 5.74) is 0.480. The lowest BCUT2D eigenvalue weighted by atomic mass is 9.88. The van der Waals surface area contributed by atoms with Gasteiger partial charge in [-0.15, -0.1) is 0 Å². The number of unbranched alkanes of at least 4 members (excludes halogenated alkanes) is 2. The molecule has 87 heavy (non-hydrogen) atoms. The van der Waals surface area contributed by atoms with Gasteiger partial charge in [0.1, 0.15) is 83.4 Å². The zero-order valence-corrected chi connectivity index (χ0v) is 52.8. The van der Waals surface area contributed by atoms with E-state index in [2.05, 4.69) is 21.3 Å². The van der Waals surface area contributed by atoms with E-state index in [1.54, 1.807) is 72.8 Å². The number of benzene rings is 3. The van der Waals surface area contributed by atoms with Gasteiger partial charge in [0, 0.05) is 92.5 Å². The van der Waals surface area contributed by atoms with Gasteiger partial charge in [0.25, 0.3) is 11.8 Å². The Morgan fingerprint density at radius 2 is 0.851 bits per heavy atom. The van der Waals surface area contributed by atoms with E-state index in [4.69, 9.17) is 33.2 Å². The van der Waals surface area contributed by atoms with Gasteiger partial charge in [0.05, 0.1) is 20.8 Å². The maximum Gasteiger partial charge on any atom is 0.251 e. The summed E-state index contributed by atoms with van der Waals surface area (Å²) in [6.07, 6.45) is -6.69. The second-order valence-corrected chi connectivity index (χ2v) is 24.5. The summed E-state index contributed by atoms with van der Waals surface area (Å²) in [4.78, 5) is 83.1. The van der Waals surface area contributed by atoms with E-state index in [1.807, 2.05) is 62.3 Å². The van der Waals surface area contributed by atoms with Crippen LogP contribution in [0.3, 0.4) is 0 Å². The fourth-order valence-electron chi connectivity index (χ4n) is 8.49. The number of aliphatic hydroxyl groups excluding tert-OH is 5. The predicted molar refractivity (Wildman–Crippen MR) is 324 cm³/mol.